The molecule has 1 heteroatoms. The number of para-hydroxylation sites is 1. The minimum Gasteiger partial charge on any atom is -0.457 e. The van der Waals surface area contributed by atoms with Gasteiger partial charge in [-0.1, -0.05) is 111 Å². The zero-order valence-corrected chi connectivity index (χ0v) is 18.3. The Labute approximate surface area is 188 Å². The summed E-state index contributed by atoms with van der Waals surface area (Å²) in [6.45, 7) is 4.55. The first-order valence-electron chi connectivity index (χ1n) is 11.1. The van der Waals surface area contributed by atoms with E-state index in [1.807, 2.05) is 6.07 Å². The number of hydrogen-bond donors (Lipinski definition) is 0. The predicted octanol–water partition coefficient (Wildman–Crippen LogP) is 8.61. The van der Waals surface area contributed by atoms with Gasteiger partial charge in [0, 0.05) is 16.5 Å². The molecule has 1 aliphatic heterocycles. The molecule has 5 aromatic carbocycles. The molecule has 1 nitrogen and oxygen atoms in total. The van der Waals surface area contributed by atoms with E-state index in [4.69, 9.17) is 4.74 Å². The van der Waals surface area contributed by atoms with Crippen molar-refractivity contribution in [2.45, 2.75) is 19.3 Å². The summed E-state index contributed by atoms with van der Waals surface area (Å²) in [6, 6.07) is 38.8. The standard InChI is InChI=1S/C31H24O/c1-31(2)26-16-6-7-17-28(26)32-29-20-23(18-19-27(29)31)25-15-9-13-22-12-8-14-24(30(22)25)21-10-4-3-5-11-21/h3-20H,1-2H3. The van der Waals surface area contributed by atoms with Gasteiger partial charge >= 0.3 is 0 Å². The Morgan fingerprint density at radius 1 is 0.531 bits per heavy atom. The van der Waals surface area contributed by atoms with Crippen LogP contribution in [0.25, 0.3) is 33.0 Å². The Bertz CT molecular complexity index is 1460. The maximum Gasteiger partial charge on any atom is 0.132 e. The molecule has 0 amide bonds. The molecule has 0 radical (unpaired) electrons. The van der Waals surface area contributed by atoms with Gasteiger partial charge in [-0.2, -0.15) is 0 Å². The maximum absolute atomic E-state index is 6.40. The van der Waals surface area contributed by atoms with E-state index in [1.165, 1.54) is 44.2 Å². The van der Waals surface area contributed by atoms with Crippen LogP contribution in [0.5, 0.6) is 11.5 Å². The summed E-state index contributed by atoms with van der Waals surface area (Å²) in [6.07, 6.45) is 0. The van der Waals surface area contributed by atoms with Crippen molar-refractivity contribution < 1.29 is 4.74 Å². The summed E-state index contributed by atoms with van der Waals surface area (Å²) in [5.74, 6) is 1.89. The van der Waals surface area contributed by atoms with Gasteiger partial charge in [0.15, 0.2) is 0 Å². The molecule has 0 N–H and O–H groups in total. The van der Waals surface area contributed by atoms with Gasteiger partial charge in [0.1, 0.15) is 11.5 Å². The van der Waals surface area contributed by atoms with E-state index >= 15 is 0 Å². The van der Waals surface area contributed by atoms with E-state index in [0.717, 1.165) is 11.5 Å². The fraction of sp³-hybridized carbons (Fsp3) is 0.0968. The molecular formula is C31H24O. The summed E-state index contributed by atoms with van der Waals surface area (Å²) >= 11 is 0. The van der Waals surface area contributed by atoms with Crippen molar-refractivity contribution in [2.75, 3.05) is 0 Å². The third-order valence-electron chi connectivity index (χ3n) is 6.74. The monoisotopic (exact) mass is 412 g/mol. The van der Waals surface area contributed by atoms with Crippen LogP contribution >= 0.6 is 0 Å². The molecule has 0 saturated carbocycles. The van der Waals surface area contributed by atoms with Crippen molar-refractivity contribution in [3.8, 4) is 33.8 Å². The van der Waals surface area contributed by atoms with Crippen molar-refractivity contribution in [3.63, 3.8) is 0 Å². The van der Waals surface area contributed by atoms with Crippen molar-refractivity contribution in [1.82, 2.24) is 0 Å². The molecule has 5 aromatic rings. The number of rotatable bonds is 2. The number of hydrogen-bond acceptors (Lipinski definition) is 1. The van der Waals surface area contributed by atoms with Gasteiger partial charge in [-0.05, 0) is 45.2 Å². The summed E-state index contributed by atoms with van der Waals surface area (Å²) in [4.78, 5) is 0. The lowest BCUT2D eigenvalue weighted by atomic mass is 9.75. The highest BCUT2D eigenvalue weighted by atomic mass is 16.5. The Hall–Kier alpha value is -3.84. The van der Waals surface area contributed by atoms with E-state index in [9.17, 15) is 0 Å². The zero-order chi connectivity index (χ0) is 21.7. The first-order chi connectivity index (χ1) is 15.6. The normalized spacial score (nSPS) is 13.8. The van der Waals surface area contributed by atoms with Gasteiger partial charge in [-0.3, -0.25) is 0 Å². The second-order valence-electron chi connectivity index (χ2n) is 9.01. The summed E-state index contributed by atoms with van der Waals surface area (Å²) in [7, 11) is 0. The topological polar surface area (TPSA) is 9.23 Å². The molecule has 0 unspecified atom stereocenters. The maximum atomic E-state index is 6.40. The molecule has 1 heterocycles. The highest BCUT2D eigenvalue weighted by molar-refractivity contribution is 6.06. The fourth-order valence-electron chi connectivity index (χ4n) is 5.07. The van der Waals surface area contributed by atoms with Crippen molar-refractivity contribution in [1.29, 1.82) is 0 Å². The van der Waals surface area contributed by atoms with Crippen LogP contribution in [0.1, 0.15) is 25.0 Å². The number of fused-ring (bicyclic) bond motifs is 3. The van der Waals surface area contributed by atoms with E-state index in [0.29, 0.717) is 0 Å². The van der Waals surface area contributed by atoms with Crippen LogP contribution in [0.4, 0.5) is 0 Å². The van der Waals surface area contributed by atoms with Gasteiger partial charge < -0.3 is 4.74 Å². The quantitative estimate of drug-likeness (QED) is 0.282. The van der Waals surface area contributed by atoms with Gasteiger partial charge in [-0.25, -0.2) is 0 Å². The average Bonchev–Trinajstić information content (AvgIpc) is 2.83. The molecule has 0 aromatic heterocycles. The van der Waals surface area contributed by atoms with Crippen LogP contribution in [0.2, 0.25) is 0 Å². The second-order valence-corrected chi connectivity index (χ2v) is 9.01. The van der Waals surface area contributed by atoms with Gasteiger partial charge in [0.05, 0.1) is 0 Å². The molecule has 0 aliphatic carbocycles. The number of benzene rings is 5. The van der Waals surface area contributed by atoms with E-state index in [1.54, 1.807) is 0 Å². The predicted molar refractivity (Wildman–Crippen MR) is 133 cm³/mol. The average molecular weight is 413 g/mol. The molecule has 0 bridgehead atoms. The number of ether oxygens (including phenoxy) is 1. The van der Waals surface area contributed by atoms with Crippen LogP contribution in [0, 0.1) is 0 Å². The molecule has 0 spiro atoms. The molecule has 0 atom stereocenters. The summed E-state index contributed by atoms with van der Waals surface area (Å²) < 4.78 is 6.40. The molecule has 154 valence electrons. The van der Waals surface area contributed by atoms with Crippen LogP contribution in [-0.4, -0.2) is 0 Å². The highest BCUT2D eigenvalue weighted by Crippen LogP contribution is 2.49. The Balaban J connectivity index is 1.56. The first kappa shape index (κ1) is 18.9. The van der Waals surface area contributed by atoms with Gasteiger partial charge in [0.25, 0.3) is 0 Å². The van der Waals surface area contributed by atoms with Crippen molar-refractivity contribution >= 4 is 10.8 Å². The molecule has 0 saturated heterocycles. The molecule has 0 fully saturated rings. The van der Waals surface area contributed by atoms with Crippen LogP contribution < -0.4 is 4.74 Å². The van der Waals surface area contributed by atoms with Gasteiger partial charge in [0.2, 0.25) is 0 Å². The van der Waals surface area contributed by atoms with Crippen LogP contribution in [0.3, 0.4) is 0 Å². The van der Waals surface area contributed by atoms with Crippen LogP contribution in [-0.2, 0) is 5.41 Å². The summed E-state index contributed by atoms with van der Waals surface area (Å²) in [5, 5.41) is 2.52. The SMILES string of the molecule is CC1(C)c2ccccc2Oc2cc(-c3cccc4cccc(-c5ccccc5)c34)ccc21. The van der Waals surface area contributed by atoms with E-state index in [-0.39, 0.29) is 5.41 Å². The van der Waals surface area contributed by atoms with Crippen molar-refractivity contribution in [3.05, 3.63) is 120 Å². The van der Waals surface area contributed by atoms with Crippen LogP contribution in [0.15, 0.2) is 109 Å². The highest BCUT2D eigenvalue weighted by Gasteiger charge is 2.34. The fourth-order valence-corrected chi connectivity index (χ4v) is 5.07. The Morgan fingerprint density at radius 2 is 1.19 bits per heavy atom. The smallest absolute Gasteiger partial charge is 0.132 e. The zero-order valence-electron chi connectivity index (χ0n) is 18.3. The minimum absolute atomic E-state index is 0.101. The lowest BCUT2D eigenvalue weighted by Crippen LogP contribution is -2.24. The Kier molecular flexibility index (Phi) is 4.19. The lowest BCUT2D eigenvalue weighted by molar-refractivity contribution is 0.418. The van der Waals surface area contributed by atoms with E-state index in [2.05, 4.69) is 117 Å². The molecule has 6 rings (SSSR count). The van der Waals surface area contributed by atoms with Gasteiger partial charge in [-0.15, -0.1) is 0 Å². The molecule has 32 heavy (non-hydrogen) atoms. The third-order valence-corrected chi connectivity index (χ3v) is 6.74. The Morgan fingerprint density at radius 3 is 1.97 bits per heavy atom. The minimum atomic E-state index is -0.101. The first-order valence-corrected chi connectivity index (χ1v) is 11.1. The lowest BCUT2D eigenvalue weighted by Gasteiger charge is -2.34. The third kappa shape index (κ3) is 2.85. The van der Waals surface area contributed by atoms with Crippen molar-refractivity contribution in [2.24, 2.45) is 0 Å². The molecular weight excluding hydrogens is 388 g/mol. The molecule has 1 aliphatic rings. The second kappa shape index (κ2) is 7.10. The largest absolute Gasteiger partial charge is 0.457 e. The summed E-state index contributed by atoms with van der Waals surface area (Å²) in [5.41, 5.74) is 7.24. The van der Waals surface area contributed by atoms with E-state index < -0.39 is 0 Å².